The van der Waals surface area contributed by atoms with Crippen molar-refractivity contribution in [1.82, 2.24) is 0 Å². The van der Waals surface area contributed by atoms with Crippen molar-refractivity contribution in [3.63, 3.8) is 0 Å². The molecule has 9 atom stereocenters. The predicted octanol–water partition coefficient (Wildman–Crippen LogP) is 6.68. The van der Waals surface area contributed by atoms with E-state index in [4.69, 9.17) is 9.47 Å². The van der Waals surface area contributed by atoms with Crippen LogP contribution in [0.2, 0.25) is 0 Å². The summed E-state index contributed by atoms with van der Waals surface area (Å²) in [4.78, 5) is 39.5. The lowest BCUT2D eigenvalue weighted by molar-refractivity contribution is -0.192. The normalized spacial score (nSPS) is 49.1. The summed E-state index contributed by atoms with van der Waals surface area (Å²) in [5, 5.41) is 3.36. The van der Waals surface area contributed by atoms with Gasteiger partial charge in [0.1, 0.15) is 0 Å². The van der Waals surface area contributed by atoms with Crippen LogP contribution in [0.25, 0.3) is 0 Å². The number of methoxy groups -OCH3 is 2. The van der Waals surface area contributed by atoms with Gasteiger partial charge in [-0.2, -0.15) is 4.91 Å². The van der Waals surface area contributed by atoms with Crippen LogP contribution in [0.15, 0.2) is 29.0 Å². The number of rotatable bonds is 4. The minimum absolute atomic E-state index is 0.0191. The summed E-state index contributed by atoms with van der Waals surface area (Å²) < 4.78 is 11.3. The minimum atomic E-state index is -0.572. The molecule has 6 heteroatoms. The van der Waals surface area contributed by atoms with Crippen LogP contribution in [0.4, 0.5) is 0 Å². The van der Waals surface area contributed by atoms with E-state index < -0.39 is 10.8 Å². The number of hydrogen-bond donors (Lipinski definition) is 0. The Balaban J connectivity index is 1.66. The fraction of sp³-hybridized carbons (Fsp3) is 0.812. The molecule has 3 saturated carbocycles. The third-order valence-corrected chi connectivity index (χ3v) is 12.9. The Hall–Kier alpha value is -1.82. The fourth-order valence-electron chi connectivity index (χ4n) is 10.6. The highest BCUT2D eigenvalue weighted by molar-refractivity contribution is 5.96. The van der Waals surface area contributed by atoms with Gasteiger partial charge >= 0.3 is 5.97 Å². The maximum Gasteiger partial charge on any atom is 0.312 e. The van der Waals surface area contributed by atoms with Crippen LogP contribution in [-0.4, -0.2) is 38.6 Å². The van der Waals surface area contributed by atoms with E-state index in [1.165, 1.54) is 12.7 Å². The Labute approximate surface area is 228 Å². The highest BCUT2D eigenvalue weighted by atomic mass is 16.5. The maximum absolute atomic E-state index is 14.4. The number of nitrogens with zero attached hydrogens (tertiary/aromatic N) is 1. The van der Waals surface area contributed by atoms with Gasteiger partial charge in [0.25, 0.3) is 0 Å². The van der Waals surface area contributed by atoms with Gasteiger partial charge in [0.05, 0.1) is 25.2 Å². The van der Waals surface area contributed by atoms with Crippen molar-refractivity contribution >= 4 is 11.8 Å². The molecule has 38 heavy (non-hydrogen) atoms. The number of ketones is 1. The number of carbonyl (C=O) groups is 2. The summed E-state index contributed by atoms with van der Waals surface area (Å²) in [6, 6.07) is 0. The zero-order chi connectivity index (χ0) is 27.9. The number of hydrogen-bond acceptors (Lipinski definition) is 6. The van der Waals surface area contributed by atoms with Crippen molar-refractivity contribution in [2.24, 2.45) is 55.4 Å². The van der Waals surface area contributed by atoms with E-state index >= 15 is 0 Å². The quantitative estimate of drug-likeness (QED) is 0.232. The topological polar surface area (TPSA) is 82.0 Å². The van der Waals surface area contributed by atoms with Crippen molar-refractivity contribution in [1.29, 1.82) is 0 Å². The molecular formula is C32H47NO5. The van der Waals surface area contributed by atoms with Crippen LogP contribution in [0.3, 0.4) is 0 Å². The van der Waals surface area contributed by atoms with E-state index in [1.807, 2.05) is 6.08 Å². The number of allylic oxidation sites excluding steroid dienone is 3. The van der Waals surface area contributed by atoms with Gasteiger partial charge in [0, 0.05) is 23.9 Å². The highest BCUT2D eigenvalue weighted by Gasteiger charge is 2.71. The van der Waals surface area contributed by atoms with Gasteiger partial charge in [0.2, 0.25) is 0 Å². The zero-order valence-corrected chi connectivity index (χ0v) is 24.7. The molecule has 5 aliphatic rings. The number of esters is 1. The van der Waals surface area contributed by atoms with Crippen molar-refractivity contribution in [3.05, 3.63) is 28.7 Å². The summed E-state index contributed by atoms with van der Waals surface area (Å²) in [7, 11) is 3.20. The average Bonchev–Trinajstić information content (AvgIpc) is 2.85. The Morgan fingerprint density at radius 1 is 1.03 bits per heavy atom. The third-order valence-electron chi connectivity index (χ3n) is 12.9. The lowest BCUT2D eigenvalue weighted by Crippen LogP contribution is -2.66. The van der Waals surface area contributed by atoms with E-state index in [0.29, 0.717) is 0 Å². The van der Waals surface area contributed by atoms with Crippen LogP contribution >= 0.6 is 0 Å². The first-order valence-corrected chi connectivity index (χ1v) is 14.6. The summed E-state index contributed by atoms with van der Waals surface area (Å²) >= 11 is 0. The first kappa shape index (κ1) is 27.7. The molecule has 210 valence electrons. The summed E-state index contributed by atoms with van der Waals surface area (Å²) in [5.41, 5.74) is -0.550. The fourth-order valence-corrected chi connectivity index (χ4v) is 10.6. The zero-order valence-electron chi connectivity index (χ0n) is 24.7. The first-order chi connectivity index (χ1) is 17.7. The van der Waals surface area contributed by atoms with Gasteiger partial charge < -0.3 is 9.47 Å². The van der Waals surface area contributed by atoms with Crippen molar-refractivity contribution in [3.8, 4) is 0 Å². The molecule has 0 aromatic heterocycles. The largest absolute Gasteiger partial charge is 0.469 e. The molecule has 3 fully saturated rings. The van der Waals surface area contributed by atoms with Gasteiger partial charge in [-0.3, -0.25) is 9.59 Å². The number of fused-ring (bicyclic) bond motifs is 7. The summed E-state index contributed by atoms with van der Waals surface area (Å²) in [6.45, 7) is 13.9. The minimum Gasteiger partial charge on any atom is -0.469 e. The maximum atomic E-state index is 14.4. The van der Waals surface area contributed by atoms with Crippen molar-refractivity contribution in [2.45, 2.75) is 92.6 Å². The first-order valence-electron chi connectivity index (χ1n) is 14.6. The Kier molecular flexibility index (Phi) is 6.27. The van der Waals surface area contributed by atoms with Gasteiger partial charge in [-0.05, 0) is 79.1 Å². The second-order valence-electron chi connectivity index (χ2n) is 15.0. The van der Waals surface area contributed by atoms with Gasteiger partial charge in [-0.1, -0.05) is 64.4 Å². The standard InChI is InChI=1S/C32H47NO5/c1-27(2)13-15-32(26(35)38-8)16-14-31(6)25(20(32)18-27)21(34)17-23-28(3)11-10-24(37-7)29(4,19-33-36)22(28)9-12-30(23,31)5/h10-11,17,20,22,24-25H,9,12-16,18-19H2,1-8H3/t20?,22?,24?,25?,28?,29-,30?,31+,32?/m0/s1. The Bertz CT molecular complexity index is 1110. The summed E-state index contributed by atoms with van der Waals surface area (Å²) in [5.74, 6) is -0.0294. The van der Waals surface area contributed by atoms with Crippen LogP contribution in [-0.2, 0) is 19.1 Å². The van der Waals surface area contributed by atoms with Crippen molar-refractivity contribution < 1.29 is 19.1 Å². The monoisotopic (exact) mass is 525 g/mol. The third kappa shape index (κ3) is 3.34. The lowest BCUT2D eigenvalue weighted by atomic mass is 9.34. The van der Waals surface area contributed by atoms with Crippen LogP contribution in [0, 0.1) is 55.2 Å². The molecule has 0 aliphatic heterocycles. The SMILES string of the molecule is COC(=O)C12CCC(C)(C)CC1C1C(=O)C=C3C4(C)C=CC(OC)[C@@](C)(CN=O)C4CCC3(C)[C@]1(C)CC2. The van der Waals surface area contributed by atoms with E-state index in [1.54, 1.807) is 7.11 Å². The molecule has 5 rings (SSSR count). The second kappa shape index (κ2) is 8.59. The smallest absolute Gasteiger partial charge is 0.312 e. The molecule has 0 bridgehead atoms. The molecule has 0 N–H and O–H groups in total. The average molecular weight is 526 g/mol. The molecule has 0 spiro atoms. The molecule has 6 nitrogen and oxygen atoms in total. The van der Waals surface area contributed by atoms with E-state index in [0.717, 1.165) is 44.9 Å². The van der Waals surface area contributed by atoms with E-state index in [9.17, 15) is 14.5 Å². The molecule has 0 radical (unpaired) electrons. The molecular weight excluding hydrogens is 478 g/mol. The van der Waals surface area contributed by atoms with Gasteiger partial charge in [0.15, 0.2) is 5.78 Å². The summed E-state index contributed by atoms with van der Waals surface area (Å²) in [6.07, 6.45) is 12.3. The van der Waals surface area contributed by atoms with Crippen LogP contribution in [0.1, 0.15) is 86.5 Å². The molecule has 0 aromatic carbocycles. The molecule has 0 amide bonds. The predicted molar refractivity (Wildman–Crippen MR) is 147 cm³/mol. The molecule has 5 aliphatic carbocycles. The van der Waals surface area contributed by atoms with Crippen LogP contribution in [0.5, 0.6) is 0 Å². The lowest BCUT2D eigenvalue weighted by Gasteiger charge is -2.69. The molecule has 7 unspecified atom stereocenters. The van der Waals surface area contributed by atoms with Crippen LogP contribution < -0.4 is 0 Å². The number of carbonyl (C=O) groups excluding carboxylic acids is 2. The Morgan fingerprint density at radius 3 is 2.34 bits per heavy atom. The molecule has 0 aromatic rings. The van der Waals surface area contributed by atoms with Crippen molar-refractivity contribution in [2.75, 3.05) is 20.8 Å². The molecule has 0 saturated heterocycles. The van der Waals surface area contributed by atoms with E-state index in [2.05, 4.69) is 58.9 Å². The molecule has 0 heterocycles. The van der Waals surface area contributed by atoms with Gasteiger partial charge in [-0.15, -0.1) is 0 Å². The van der Waals surface area contributed by atoms with E-state index in [-0.39, 0.29) is 63.8 Å². The Morgan fingerprint density at radius 2 is 1.71 bits per heavy atom. The van der Waals surface area contributed by atoms with Gasteiger partial charge in [-0.25, -0.2) is 0 Å². The number of ether oxygens (including phenoxy) is 2. The second-order valence-corrected chi connectivity index (χ2v) is 15.0. The number of nitroso groups, excluding NO2 is 1. The highest BCUT2D eigenvalue weighted by Crippen LogP contribution is 2.74.